The van der Waals surface area contributed by atoms with Crippen molar-refractivity contribution in [1.82, 2.24) is 4.98 Å². The molecule has 0 aliphatic carbocycles. The third-order valence-electron chi connectivity index (χ3n) is 1.34. The van der Waals surface area contributed by atoms with Crippen molar-refractivity contribution in [3.63, 3.8) is 0 Å². The summed E-state index contributed by atoms with van der Waals surface area (Å²) in [6.45, 7) is 0. The van der Waals surface area contributed by atoms with Crippen molar-refractivity contribution in [3.8, 4) is 0 Å². The van der Waals surface area contributed by atoms with Crippen LogP contribution in [0, 0.1) is 0 Å². The lowest BCUT2D eigenvalue weighted by Gasteiger charge is -1.96. The predicted octanol–water partition coefficient (Wildman–Crippen LogP) is 0.795. The van der Waals surface area contributed by atoms with Gasteiger partial charge < -0.3 is 10.1 Å². The molecule has 0 bridgehead atoms. The number of hydrogen-bond acceptors (Lipinski definition) is 3. The molecule has 2 N–H and O–H groups in total. The first-order chi connectivity index (χ1) is 5.65. The van der Waals surface area contributed by atoms with Crippen molar-refractivity contribution >= 4 is 17.7 Å². The number of aromatic nitrogens is 1. The van der Waals surface area contributed by atoms with Gasteiger partial charge in [0, 0.05) is 6.20 Å². The van der Waals surface area contributed by atoms with Gasteiger partial charge in [-0.25, -0.2) is 4.79 Å². The highest BCUT2D eigenvalue weighted by molar-refractivity contribution is 7.98. The van der Waals surface area contributed by atoms with E-state index in [9.17, 15) is 9.59 Å². The van der Waals surface area contributed by atoms with Crippen LogP contribution in [0.1, 0.15) is 10.4 Å². The van der Waals surface area contributed by atoms with Gasteiger partial charge in [0.1, 0.15) is 0 Å². The first-order valence-electron chi connectivity index (χ1n) is 3.15. The van der Waals surface area contributed by atoms with E-state index in [1.165, 1.54) is 24.0 Å². The molecule has 0 saturated carbocycles. The standard InChI is InChI=1S/C7H7NO3S/c1-12-5-2-4(7(10)11)3-8-6(5)9/h2-3H,1H3,(H,8,9)(H,10,11). The summed E-state index contributed by atoms with van der Waals surface area (Å²) in [4.78, 5) is 24.2. The third kappa shape index (κ3) is 1.68. The summed E-state index contributed by atoms with van der Waals surface area (Å²) in [7, 11) is 0. The van der Waals surface area contributed by atoms with Gasteiger partial charge in [0.15, 0.2) is 0 Å². The smallest absolute Gasteiger partial charge is 0.337 e. The molecule has 4 nitrogen and oxygen atoms in total. The van der Waals surface area contributed by atoms with Gasteiger partial charge in [-0.2, -0.15) is 0 Å². The largest absolute Gasteiger partial charge is 0.478 e. The van der Waals surface area contributed by atoms with E-state index in [0.29, 0.717) is 4.90 Å². The Labute approximate surface area is 72.6 Å². The molecule has 0 saturated heterocycles. The van der Waals surface area contributed by atoms with Crippen LogP contribution in [0.5, 0.6) is 0 Å². The molecular formula is C7H7NO3S. The maximum atomic E-state index is 11.0. The molecule has 0 aliphatic heterocycles. The highest BCUT2D eigenvalue weighted by atomic mass is 32.2. The van der Waals surface area contributed by atoms with Crippen LogP contribution >= 0.6 is 11.8 Å². The Hall–Kier alpha value is -1.23. The van der Waals surface area contributed by atoms with Crippen LogP contribution in [0.25, 0.3) is 0 Å². The first kappa shape index (κ1) is 8.86. The molecule has 0 radical (unpaired) electrons. The van der Waals surface area contributed by atoms with Crippen LogP contribution in [-0.2, 0) is 0 Å². The van der Waals surface area contributed by atoms with E-state index in [0.717, 1.165) is 0 Å². The van der Waals surface area contributed by atoms with Gasteiger partial charge in [0.2, 0.25) is 0 Å². The molecule has 64 valence electrons. The maximum Gasteiger partial charge on any atom is 0.337 e. The summed E-state index contributed by atoms with van der Waals surface area (Å²) in [5.74, 6) is -1.04. The number of hydrogen-bond donors (Lipinski definition) is 2. The summed E-state index contributed by atoms with van der Waals surface area (Å²) >= 11 is 1.22. The molecule has 12 heavy (non-hydrogen) atoms. The van der Waals surface area contributed by atoms with Gasteiger partial charge in [-0.15, -0.1) is 11.8 Å². The number of carbonyl (C=O) groups is 1. The third-order valence-corrected chi connectivity index (χ3v) is 2.08. The molecule has 1 rings (SSSR count). The number of carboxylic acid groups (broad SMARTS) is 1. The summed E-state index contributed by atoms with van der Waals surface area (Å²) in [6, 6.07) is 1.35. The van der Waals surface area contributed by atoms with E-state index in [4.69, 9.17) is 5.11 Å². The average molecular weight is 185 g/mol. The van der Waals surface area contributed by atoms with E-state index in [1.807, 2.05) is 0 Å². The van der Waals surface area contributed by atoms with Crippen LogP contribution in [0.15, 0.2) is 22.0 Å². The quantitative estimate of drug-likeness (QED) is 0.668. The van der Waals surface area contributed by atoms with Gasteiger partial charge >= 0.3 is 5.97 Å². The van der Waals surface area contributed by atoms with Crippen molar-refractivity contribution < 1.29 is 9.90 Å². The van der Waals surface area contributed by atoms with Crippen molar-refractivity contribution in [1.29, 1.82) is 0 Å². The Bertz CT molecular complexity index is 358. The van der Waals surface area contributed by atoms with Crippen molar-refractivity contribution in [2.24, 2.45) is 0 Å². The van der Waals surface area contributed by atoms with E-state index >= 15 is 0 Å². The number of pyridine rings is 1. The van der Waals surface area contributed by atoms with Gasteiger partial charge in [-0.3, -0.25) is 4.79 Å². The Kier molecular flexibility index (Phi) is 2.54. The number of aromatic amines is 1. The second kappa shape index (κ2) is 3.44. The average Bonchev–Trinajstić information content (AvgIpc) is 2.05. The molecule has 5 heteroatoms. The lowest BCUT2D eigenvalue weighted by Crippen LogP contribution is -2.10. The molecular weight excluding hydrogens is 178 g/mol. The number of rotatable bonds is 2. The summed E-state index contributed by atoms with van der Waals surface area (Å²) in [6.07, 6.45) is 2.90. The van der Waals surface area contributed by atoms with Crippen LogP contribution in [0.4, 0.5) is 0 Å². The number of carboxylic acids is 1. The van der Waals surface area contributed by atoms with Crippen LogP contribution in [0.2, 0.25) is 0 Å². The molecule has 0 spiro atoms. The van der Waals surface area contributed by atoms with Gasteiger partial charge in [0.05, 0.1) is 10.5 Å². The van der Waals surface area contributed by atoms with E-state index in [2.05, 4.69) is 4.98 Å². The zero-order valence-corrected chi connectivity index (χ0v) is 7.14. The van der Waals surface area contributed by atoms with Crippen molar-refractivity contribution in [3.05, 3.63) is 28.2 Å². The fourth-order valence-electron chi connectivity index (χ4n) is 0.738. The Balaban J connectivity index is 3.23. The molecule has 1 aromatic rings. The molecule has 1 heterocycles. The first-order valence-corrected chi connectivity index (χ1v) is 4.37. The monoisotopic (exact) mass is 185 g/mol. The van der Waals surface area contributed by atoms with Gasteiger partial charge in [-0.05, 0) is 12.3 Å². The zero-order valence-electron chi connectivity index (χ0n) is 6.33. The van der Waals surface area contributed by atoms with Crippen LogP contribution in [-0.4, -0.2) is 22.3 Å². The lowest BCUT2D eigenvalue weighted by atomic mass is 10.3. The second-order valence-corrected chi connectivity index (χ2v) is 2.94. The molecule has 0 unspecified atom stereocenters. The van der Waals surface area contributed by atoms with Crippen molar-refractivity contribution in [2.45, 2.75) is 4.90 Å². The molecule has 0 amide bonds. The lowest BCUT2D eigenvalue weighted by molar-refractivity contribution is 0.0696. The topological polar surface area (TPSA) is 70.2 Å². The highest BCUT2D eigenvalue weighted by Crippen LogP contribution is 2.09. The van der Waals surface area contributed by atoms with Gasteiger partial charge in [-0.1, -0.05) is 0 Å². The number of nitrogens with one attached hydrogen (secondary N) is 1. The van der Waals surface area contributed by atoms with Crippen molar-refractivity contribution in [2.75, 3.05) is 6.26 Å². The highest BCUT2D eigenvalue weighted by Gasteiger charge is 2.05. The fraction of sp³-hybridized carbons (Fsp3) is 0.143. The summed E-state index contributed by atoms with van der Waals surface area (Å²) in [5.41, 5.74) is -0.161. The van der Waals surface area contributed by atoms with Crippen LogP contribution in [0.3, 0.4) is 0 Å². The maximum absolute atomic E-state index is 11.0. The Morgan fingerprint density at radius 3 is 2.83 bits per heavy atom. The second-order valence-electron chi connectivity index (χ2n) is 2.09. The summed E-state index contributed by atoms with van der Waals surface area (Å²) < 4.78 is 0. The SMILES string of the molecule is CSc1cc(C(=O)O)c[nH]c1=O. The Morgan fingerprint density at radius 1 is 1.67 bits per heavy atom. The molecule has 0 aliphatic rings. The zero-order chi connectivity index (χ0) is 9.14. The predicted molar refractivity (Wildman–Crippen MR) is 45.8 cm³/mol. The summed E-state index contributed by atoms with van der Waals surface area (Å²) in [5, 5.41) is 8.56. The van der Waals surface area contributed by atoms with Crippen LogP contribution < -0.4 is 5.56 Å². The molecule has 0 atom stereocenters. The number of aromatic carboxylic acids is 1. The number of H-pyrrole nitrogens is 1. The molecule has 0 fully saturated rings. The van der Waals surface area contributed by atoms with E-state index < -0.39 is 5.97 Å². The molecule has 0 aromatic carbocycles. The molecule has 1 aromatic heterocycles. The minimum Gasteiger partial charge on any atom is -0.478 e. The minimum atomic E-state index is -1.04. The van der Waals surface area contributed by atoms with E-state index in [-0.39, 0.29) is 11.1 Å². The van der Waals surface area contributed by atoms with Gasteiger partial charge in [0.25, 0.3) is 5.56 Å². The Morgan fingerprint density at radius 2 is 2.33 bits per heavy atom. The fourth-order valence-corrected chi connectivity index (χ4v) is 1.23. The minimum absolute atomic E-state index is 0.0963. The number of thioether (sulfide) groups is 1. The normalized spacial score (nSPS) is 9.75. The van der Waals surface area contributed by atoms with E-state index in [1.54, 1.807) is 6.26 Å².